The van der Waals surface area contributed by atoms with Gasteiger partial charge in [-0.05, 0) is 18.2 Å². The number of nitrogens with zero attached hydrogens (tertiary/aromatic N) is 1. The van der Waals surface area contributed by atoms with Gasteiger partial charge in [0.1, 0.15) is 6.54 Å². The Balaban J connectivity index is 2.81. The molecule has 96 valence electrons. The van der Waals surface area contributed by atoms with Gasteiger partial charge in [-0.25, -0.2) is 0 Å². The van der Waals surface area contributed by atoms with E-state index < -0.39 is 12.7 Å². The summed E-state index contributed by atoms with van der Waals surface area (Å²) in [7, 11) is 1.46. The number of alkyl halides is 3. The highest BCUT2D eigenvalue weighted by molar-refractivity contribution is 5.53. The molecule has 0 spiro atoms. The first-order valence-corrected chi connectivity index (χ1v) is 5.50. The predicted molar refractivity (Wildman–Crippen MR) is 63.1 cm³/mol. The molecule has 0 unspecified atom stereocenters. The number of nitrogens with one attached hydrogen (secondary N) is 1. The van der Waals surface area contributed by atoms with Gasteiger partial charge in [-0.15, -0.1) is 0 Å². The fourth-order valence-electron chi connectivity index (χ4n) is 1.65. The van der Waals surface area contributed by atoms with Crippen LogP contribution in [0.3, 0.4) is 0 Å². The molecule has 0 aliphatic carbocycles. The van der Waals surface area contributed by atoms with Crippen LogP contribution in [0.4, 0.5) is 18.9 Å². The highest BCUT2D eigenvalue weighted by atomic mass is 19.4. The number of para-hydroxylation sites is 1. The second kappa shape index (κ2) is 5.91. The van der Waals surface area contributed by atoms with Gasteiger partial charge >= 0.3 is 6.18 Å². The molecule has 1 aromatic rings. The van der Waals surface area contributed by atoms with E-state index in [1.54, 1.807) is 12.1 Å². The first-order valence-electron chi connectivity index (χ1n) is 5.50. The second-order valence-electron chi connectivity index (χ2n) is 3.88. The van der Waals surface area contributed by atoms with Crippen molar-refractivity contribution in [3.8, 4) is 0 Å². The van der Waals surface area contributed by atoms with Crippen LogP contribution in [-0.4, -0.2) is 26.3 Å². The Kier molecular flexibility index (Phi) is 4.81. The molecule has 17 heavy (non-hydrogen) atoms. The molecule has 0 amide bonds. The summed E-state index contributed by atoms with van der Waals surface area (Å²) < 4.78 is 37.0. The van der Waals surface area contributed by atoms with Crippen molar-refractivity contribution >= 4 is 5.69 Å². The third-order valence-electron chi connectivity index (χ3n) is 2.38. The van der Waals surface area contributed by atoms with Gasteiger partial charge in [-0.1, -0.05) is 25.1 Å². The minimum absolute atomic E-state index is 0.578. The van der Waals surface area contributed by atoms with Crippen molar-refractivity contribution in [3.63, 3.8) is 0 Å². The van der Waals surface area contributed by atoms with E-state index >= 15 is 0 Å². The average molecular weight is 246 g/mol. The Morgan fingerprint density at radius 3 is 2.47 bits per heavy atom. The van der Waals surface area contributed by atoms with E-state index in [-0.39, 0.29) is 0 Å². The molecule has 0 radical (unpaired) electrons. The van der Waals surface area contributed by atoms with E-state index in [4.69, 9.17) is 0 Å². The highest BCUT2D eigenvalue weighted by Crippen LogP contribution is 2.23. The van der Waals surface area contributed by atoms with Gasteiger partial charge in [-0.3, -0.25) is 0 Å². The monoisotopic (exact) mass is 246 g/mol. The smallest absolute Gasteiger partial charge is 0.365 e. The quantitative estimate of drug-likeness (QED) is 0.859. The number of hydrogen-bond acceptors (Lipinski definition) is 2. The lowest BCUT2D eigenvalue weighted by atomic mass is 10.1. The minimum Gasteiger partial charge on any atom is -0.365 e. The second-order valence-corrected chi connectivity index (χ2v) is 3.88. The van der Waals surface area contributed by atoms with E-state index in [9.17, 15) is 13.2 Å². The summed E-state index contributed by atoms with van der Waals surface area (Å²) in [6.45, 7) is 2.39. The van der Waals surface area contributed by atoms with Gasteiger partial charge in [0.25, 0.3) is 0 Å². The van der Waals surface area contributed by atoms with Gasteiger partial charge in [-0.2, -0.15) is 13.2 Å². The number of halogens is 3. The van der Waals surface area contributed by atoms with E-state index in [1.807, 2.05) is 19.1 Å². The van der Waals surface area contributed by atoms with E-state index in [1.165, 1.54) is 11.9 Å². The van der Waals surface area contributed by atoms with Crippen LogP contribution < -0.4 is 10.2 Å². The van der Waals surface area contributed by atoms with E-state index in [0.29, 0.717) is 12.2 Å². The van der Waals surface area contributed by atoms with Crippen molar-refractivity contribution in [1.29, 1.82) is 0 Å². The summed E-state index contributed by atoms with van der Waals surface area (Å²) in [5, 5.41) is 3.11. The number of rotatable bonds is 5. The maximum atomic E-state index is 12.3. The summed E-state index contributed by atoms with van der Waals surface area (Å²) in [6.07, 6.45) is -4.18. The van der Waals surface area contributed by atoms with Crippen LogP contribution in [0.25, 0.3) is 0 Å². The number of hydrogen-bond donors (Lipinski definition) is 1. The standard InChI is InChI=1S/C12H17F3N2/c1-3-16-8-10-6-4-5-7-11(10)17(2)9-12(13,14)15/h4-7,16H,3,8-9H2,1-2H3. The molecule has 2 nitrogen and oxygen atoms in total. The topological polar surface area (TPSA) is 15.3 Å². The van der Waals surface area contributed by atoms with Gasteiger partial charge in [0, 0.05) is 19.3 Å². The van der Waals surface area contributed by atoms with Gasteiger partial charge < -0.3 is 10.2 Å². The molecule has 0 aliphatic heterocycles. The van der Waals surface area contributed by atoms with Crippen LogP contribution in [0.2, 0.25) is 0 Å². The Labute approximate surface area is 99.4 Å². The van der Waals surface area contributed by atoms with Crippen LogP contribution in [-0.2, 0) is 6.54 Å². The van der Waals surface area contributed by atoms with Crippen LogP contribution in [0.5, 0.6) is 0 Å². The van der Waals surface area contributed by atoms with Crippen LogP contribution in [0.15, 0.2) is 24.3 Å². The van der Waals surface area contributed by atoms with Gasteiger partial charge in [0.2, 0.25) is 0 Å². The lowest BCUT2D eigenvalue weighted by Crippen LogP contribution is -2.31. The lowest BCUT2D eigenvalue weighted by Gasteiger charge is -2.23. The summed E-state index contributed by atoms with van der Waals surface area (Å²) in [6, 6.07) is 7.12. The molecule has 1 aromatic carbocycles. The molecular weight excluding hydrogens is 229 g/mol. The Hall–Kier alpha value is -1.23. The Morgan fingerprint density at radius 1 is 1.24 bits per heavy atom. The molecule has 0 heterocycles. The zero-order chi connectivity index (χ0) is 12.9. The third-order valence-corrected chi connectivity index (χ3v) is 2.38. The minimum atomic E-state index is -4.18. The van der Waals surface area contributed by atoms with Crippen molar-refractivity contribution in [3.05, 3.63) is 29.8 Å². The van der Waals surface area contributed by atoms with E-state index in [2.05, 4.69) is 5.32 Å². The van der Waals surface area contributed by atoms with Crippen molar-refractivity contribution in [2.45, 2.75) is 19.6 Å². The summed E-state index contributed by atoms with van der Waals surface area (Å²) in [4.78, 5) is 1.23. The highest BCUT2D eigenvalue weighted by Gasteiger charge is 2.29. The average Bonchev–Trinajstić information content (AvgIpc) is 2.24. The van der Waals surface area contributed by atoms with Crippen LogP contribution >= 0.6 is 0 Å². The molecule has 0 bridgehead atoms. The zero-order valence-corrected chi connectivity index (χ0v) is 10.0. The lowest BCUT2D eigenvalue weighted by molar-refractivity contribution is -0.119. The van der Waals surface area contributed by atoms with Crippen molar-refractivity contribution in [2.24, 2.45) is 0 Å². The van der Waals surface area contributed by atoms with Crippen molar-refractivity contribution in [2.75, 3.05) is 25.0 Å². The first kappa shape index (κ1) is 13.8. The summed E-state index contributed by atoms with van der Waals surface area (Å²) in [5.41, 5.74) is 1.49. The maximum Gasteiger partial charge on any atom is 0.405 e. The Morgan fingerprint density at radius 2 is 1.88 bits per heavy atom. The number of benzene rings is 1. The SMILES string of the molecule is CCNCc1ccccc1N(C)CC(F)(F)F. The number of anilines is 1. The summed E-state index contributed by atoms with van der Waals surface area (Å²) in [5.74, 6) is 0. The molecular formula is C12H17F3N2. The summed E-state index contributed by atoms with van der Waals surface area (Å²) >= 11 is 0. The normalized spacial score (nSPS) is 11.6. The molecule has 0 saturated carbocycles. The third kappa shape index (κ3) is 4.65. The maximum absolute atomic E-state index is 12.3. The van der Waals surface area contributed by atoms with Gasteiger partial charge in [0.15, 0.2) is 0 Å². The zero-order valence-electron chi connectivity index (χ0n) is 10.0. The Bertz CT molecular complexity index is 350. The molecule has 0 saturated heterocycles. The fraction of sp³-hybridized carbons (Fsp3) is 0.500. The van der Waals surface area contributed by atoms with Crippen LogP contribution in [0.1, 0.15) is 12.5 Å². The first-order chi connectivity index (χ1) is 7.94. The predicted octanol–water partition coefficient (Wildman–Crippen LogP) is 2.79. The molecule has 5 heteroatoms. The van der Waals surface area contributed by atoms with E-state index in [0.717, 1.165) is 12.1 Å². The molecule has 0 fully saturated rings. The molecule has 1 rings (SSSR count). The van der Waals surface area contributed by atoms with Gasteiger partial charge in [0.05, 0.1) is 0 Å². The largest absolute Gasteiger partial charge is 0.405 e. The molecule has 0 aliphatic rings. The van der Waals surface area contributed by atoms with Crippen molar-refractivity contribution in [1.82, 2.24) is 5.32 Å². The fourth-order valence-corrected chi connectivity index (χ4v) is 1.65. The molecule has 0 aromatic heterocycles. The molecule has 0 atom stereocenters. The van der Waals surface area contributed by atoms with Crippen molar-refractivity contribution < 1.29 is 13.2 Å². The van der Waals surface area contributed by atoms with Crippen LogP contribution in [0, 0.1) is 0 Å². The molecule has 1 N–H and O–H groups in total.